The van der Waals surface area contributed by atoms with Gasteiger partial charge in [-0.1, -0.05) is 0 Å². The normalized spacial score (nSPS) is 10.6. The van der Waals surface area contributed by atoms with Crippen molar-refractivity contribution in [1.29, 1.82) is 0 Å². The van der Waals surface area contributed by atoms with Crippen LogP contribution in [0.4, 0.5) is 11.4 Å². The van der Waals surface area contributed by atoms with Gasteiger partial charge in [-0.2, -0.15) is 0 Å². The maximum atomic E-state index is 12.0. The van der Waals surface area contributed by atoms with Gasteiger partial charge in [0.2, 0.25) is 0 Å². The number of hydrogen-bond donors (Lipinski definition) is 3. The molecule has 9 nitrogen and oxygen atoms in total. The fraction of sp³-hybridized carbons (Fsp3) is 0.0476. The van der Waals surface area contributed by atoms with E-state index in [-0.39, 0.29) is 17.1 Å². The summed E-state index contributed by atoms with van der Waals surface area (Å²) in [4.78, 5) is 29.0. The molecule has 0 aliphatic carbocycles. The Hall–Kier alpha value is -4.40. The lowest BCUT2D eigenvalue weighted by Crippen LogP contribution is -2.10. The van der Waals surface area contributed by atoms with E-state index in [9.17, 15) is 19.8 Å². The van der Waals surface area contributed by atoms with Crippen LogP contribution in [-0.4, -0.2) is 29.2 Å². The molecule has 0 aliphatic rings. The fourth-order valence-electron chi connectivity index (χ4n) is 2.37. The molecule has 0 aliphatic heterocycles. The monoisotopic (exact) mass is 407 g/mol. The summed E-state index contributed by atoms with van der Waals surface area (Å²) in [6, 6.07) is 16.2. The van der Waals surface area contributed by atoms with Crippen molar-refractivity contribution in [1.82, 2.24) is 0 Å². The topological polar surface area (TPSA) is 130 Å². The average molecular weight is 407 g/mol. The lowest BCUT2D eigenvalue weighted by molar-refractivity contribution is 0.0596. The number of azo groups is 1. The van der Waals surface area contributed by atoms with E-state index in [4.69, 9.17) is 9.57 Å². The van der Waals surface area contributed by atoms with E-state index in [2.05, 4.69) is 15.7 Å². The van der Waals surface area contributed by atoms with Crippen molar-refractivity contribution in [2.24, 2.45) is 10.2 Å². The number of nitrogens with one attached hydrogen (secondary N) is 1. The average Bonchev–Trinajstić information content (AvgIpc) is 2.76. The number of aromatic hydroxyl groups is 2. The van der Waals surface area contributed by atoms with Crippen LogP contribution in [0.25, 0.3) is 0 Å². The summed E-state index contributed by atoms with van der Waals surface area (Å²) in [7, 11) is 1.53. The van der Waals surface area contributed by atoms with E-state index in [1.807, 2.05) is 0 Å². The van der Waals surface area contributed by atoms with Gasteiger partial charge in [0.25, 0.3) is 5.91 Å². The van der Waals surface area contributed by atoms with E-state index in [0.717, 1.165) is 6.07 Å². The van der Waals surface area contributed by atoms with Gasteiger partial charge in [-0.25, -0.2) is 10.3 Å². The molecule has 0 aromatic heterocycles. The highest BCUT2D eigenvalue weighted by molar-refractivity contribution is 5.95. The smallest absolute Gasteiger partial charge is 0.362 e. The van der Waals surface area contributed by atoms with E-state index < -0.39 is 11.9 Å². The summed E-state index contributed by atoms with van der Waals surface area (Å²) in [6.45, 7) is 0. The zero-order valence-electron chi connectivity index (χ0n) is 15.8. The Morgan fingerprint density at radius 1 is 0.867 bits per heavy atom. The Bertz CT molecular complexity index is 1060. The Kier molecular flexibility index (Phi) is 6.23. The summed E-state index contributed by atoms with van der Waals surface area (Å²) in [5, 5.41) is 26.2. The van der Waals surface area contributed by atoms with Crippen LogP contribution in [0, 0.1) is 0 Å². The standard InChI is InChI=1S/C21H17N3O6/c1-29-19-8-2-13(3-9-19)21(28)30-24-16-6-4-15(5-7-16)22-23-20(27)14-10-17(25)12-18(26)11-14/h2-12,24-26H,1H3. The third-order valence-electron chi connectivity index (χ3n) is 3.86. The minimum Gasteiger partial charge on any atom is -0.508 e. The zero-order valence-corrected chi connectivity index (χ0v) is 15.8. The maximum absolute atomic E-state index is 12.0. The van der Waals surface area contributed by atoms with Crippen LogP contribution in [0.5, 0.6) is 17.2 Å². The number of amides is 1. The summed E-state index contributed by atoms with van der Waals surface area (Å²) < 4.78 is 5.03. The third kappa shape index (κ3) is 5.32. The van der Waals surface area contributed by atoms with Gasteiger partial charge in [0, 0.05) is 6.07 Å². The number of hydrogen-bond acceptors (Lipinski definition) is 8. The quantitative estimate of drug-likeness (QED) is 0.412. The second kappa shape index (κ2) is 9.20. The molecule has 0 spiro atoms. The molecule has 0 radical (unpaired) electrons. The predicted molar refractivity (Wildman–Crippen MR) is 107 cm³/mol. The van der Waals surface area contributed by atoms with Crippen molar-refractivity contribution in [2.45, 2.75) is 0 Å². The summed E-state index contributed by atoms with van der Waals surface area (Å²) in [6.07, 6.45) is 0. The van der Waals surface area contributed by atoms with Crippen molar-refractivity contribution in [2.75, 3.05) is 12.6 Å². The number of anilines is 1. The molecule has 3 aromatic rings. The minimum absolute atomic E-state index is 0.0000175. The van der Waals surface area contributed by atoms with Gasteiger partial charge in [-0.05, 0) is 60.7 Å². The molecule has 0 fully saturated rings. The van der Waals surface area contributed by atoms with Gasteiger partial charge in [0.1, 0.15) is 17.2 Å². The first-order chi connectivity index (χ1) is 14.4. The largest absolute Gasteiger partial charge is 0.508 e. The first-order valence-electron chi connectivity index (χ1n) is 8.65. The van der Waals surface area contributed by atoms with Crippen molar-refractivity contribution in [3.05, 3.63) is 77.9 Å². The van der Waals surface area contributed by atoms with Crippen LogP contribution < -0.4 is 10.2 Å². The molecule has 3 N–H and O–H groups in total. The lowest BCUT2D eigenvalue weighted by atomic mass is 10.2. The molecule has 3 rings (SSSR count). The van der Waals surface area contributed by atoms with Crippen LogP contribution in [-0.2, 0) is 4.84 Å². The SMILES string of the molecule is COc1ccc(C(=O)ONc2ccc(N=NC(=O)c3cc(O)cc(O)c3)cc2)cc1. The fourth-order valence-corrected chi connectivity index (χ4v) is 2.37. The number of rotatable bonds is 6. The van der Waals surface area contributed by atoms with Crippen molar-refractivity contribution in [3.8, 4) is 17.2 Å². The molecule has 3 aromatic carbocycles. The molecule has 0 saturated heterocycles. The van der Waals surface area contributed by atoms with E-state index in [0.29, 0.717) is 22.7 Å². The highest BCUT2D eigenvalue weighted by Gasteiger charge is 2.09. The van der Waals surface area contributed by atoms with Crippen molar-refractivity contribution >= 4 is 23.3 Å². The van der Waals surface area contributed by atoms with Gasteiger partial charge in [-0.15, -0.1) is 10.2 Å². The van der Waals surface area contributed by atoms with Crippen molar-refractivity contribution < 1.29 is 29.4 Å². The van der Waals surface area contributed by atoms with Crippen LogP contribution in [0.2, 0.25) is 0 Å². The number of benzene rings is 3. The third-order valence-corrected chi connectivity index (χ3v) is 3.86. The second-order valence-electron chi connectivity index (χ2n) is 6.01. The molecule has 152 valence electrons. The first kappa shape index (κ1) is 20.3. The van der Waals surface area contributed by atoms with Crippen LogP contribution in [0.15, 0.2) is 77.0 Å². The van der Waals surface area contributed by atoms with E-state index in [1.54, 1.807) is 48.5 Å². The van der Waals surface area contributed by atoms with Crippen LogP contribution in [0.3, 0.4) is 0 Å². The number of methoxy groups -OCH3 is 1. The Morgan fingerprint density at radius 3 is 2.10 bits per heavy atom. The maximum Gasteiger partial charge on any atom is 0.362 e. The van der Waals surface area contributed by atoms with Gasteiger partial charge in [0.15, 0.2) is 0 Å². The van der Waals surface area contributed by atoms with Crippen LogP contribution in [0.1, 0.15) is 20.7 Å². The Labute approximate surface area is 171 Å². The second-order valence-corrected chi connectivity index (χ2v) is 6.01. The number of carbonyl (C=O) groups excluding carboxylic acids is 2. The number of carbonyl (C=O) groups is 2. The number of phenols is 2. The summed E-state index contributed by atoms with van der Waals surface area (Å²) in [5.74, 6) is -1.18. The lowest BCUT2D eigenvalue weighted by Gasteiger charge is -2.07. The molecule has 0 heterocycles. The Morgan fingerprint density at radius 2 is 1.50 bits per heavy atom. The molecular formula is C21H17N3O6. The van der Waals surface area contributed by atoms with E-state index in [1.165, 1.54) is 19.2 Å². The first-order valence-corrected chi connectivity index (χ1v) is 8.65. The van der Waals surface area contributed by atoms with Gasteiger partial charge >= 0.3 is 5.97 Å². The highest BCUT2D eigenvalue weighted by Crippen LogP contribution is 2.22. The predicted octanol–water partition coefficient (Wildman–Crippen LogP) is 4.21. The molecular weight excluding hydrogens is 390 g/mol. The molecule has 9 heteroatoms. The summed E-state index contributed by atoms with van der Waals surface area (Å²) >= 11 is 0. The van der Waals surface area contributed by atoms with Crippen molar-refractivity contribution in [3.63, 3.8) is 0 Å². The number of ether oxygens (including phenoxy) is 1. The van der Waals surface area contributed by atoms with Crippen LogP contribution >= 0.6 is 0 Å². The number of phenolic OH excluding ortho intramolecular Hbond substituents is 2. The number of nitrogens with zero attached hydrogens (tertiary/aromatic N) is 2. The van der Waals surface area contributed by atoms with E-state index >= 15 is 0 Å². The highest BCUT2D eigenvalue weighted by atomic mass is 16.7. The molecule has 0 unspecified atom stereocenters. The molecule has 0 atom stereocenters. The zero-order chi connectivity index (χ0) is 21.5. The Balaban J connectivity index is 1.57. The van der Waals surface area contributed by atoms with Gasteiger partial charge < -0.3 is 19.8 Å². The summed E-state index contributed by atoms with van der Waals surface area (Å²) in [5.41, 5.74) is 3.74. The molecule has 30 heavy (non-hydrogen) atoms. The molecule has 1 amide bonds. The van der Waals surface area contributed by atoms with Gasteiger partial charge in [-0.3, -0.25) is 4.79 Å². The van der Waals surface area contributed by atoms with Gasteiger partial charge in [0.05, 0.1) is 29.6 Å². The molecule has 0 bridgehead atoms. The molecule has 0 saturated carbocycles. The minimum atomic E-state index is -0.725.